The summed E-state index contributed by atoms with van der Waals surface area (Å²) >= 11 is 0. The van der Waals surface area contributed by atoms with E-state index in [-0.39, 0.29) is 11.9 Å². The largest absolute Gasteiger partial charge is 0.375 e. The van der Waals surface area contributed by atoms with Crippen molar-refractivity contribution in [2.45, 2.75) is 31.8 Å². The highest BCUT2D eigenvalue weighted by Gasteiger charge is 2.16. The van der Waals surface area contributed by atoms with Crippen LogP contribution >= 0.6 is 0 Å². The lowest BCUT2D eigenvalue weighted by molar-refractivity contribution is -0.122. The lowest BCUT2D eigenvalue weighted by Gasteiger charge is -2.22. The molecule has 1 heterocycles. The molecule has 0 spiro atoms. The summed E-state index contributed by atoms with van der Waals surface area (Å²) in [6, 6.07) is 0. The first-order valence-corrected chi connectivity index (χ1v) is 5.10. The van der Waals surface area contributed by atoms with Crippen molar-refractivity contribution in [3.05, 3.63) is 0 Å². The Morgan fingerprint density at radius 3 is 3.14 bits per heavy atom. The summed E-state index contributed by atoms with van der Waals surface area (Å²) in [6.07, 6.45) is 7.78. The molecular weight excluding hydrogens is 178 g/mol. The number of hydrogen-bond donors (Lipinski definition) is 1. The van der Waals surface area contributed by atoms with Gasteiger partial charge in [0.1, 0.15) is 5.78 Å². The maximum Gasteiger partial charge on any atom is 0.135 e. The maximum atomic E-state index is 11.4. The van der Waals surface area contributed by atoms with Crippen molar-refractivity contribution in [3.8, 4) is 12.3 Å². The van der Waals surface area contributed by atoms with Crippen LogP contribution in [0.1, 0.15) is 25.7 Å². The Kier molecular flexibility index (Phi) is 5.28. The van der Waals surface area contributed by atoms with Gasteiger partial charge in [0.15, 0.2) is 0 Å². The fourth-order valence-corrected chi connectivity index (χ4v) is 1.49. The van der Waals surface area contributed by atoms with Crippen LogP contribution in [0.4, 0.5) is 0 Å². The van der Waals surface area contributed by atoms with Gasteiger partial charge >= 0.3 is 0 Å². The number of carbonyl (C=O) groups is 1. The van der Waals surface area contributed by atoms with Gasteiger partial charge < -0.3 is 10.1 Å². The van der Waals surface area contributed by atoms with Crippen LogP contribution in [-0.4, -0.2) is 31.6 Å². The van der Waals surface area contributed by atoms with Crippen LogP contribution in [0.3, 0.4) is 0 Å². The van der Waals surface area contributed by atoms with Gasteiger partial charge in [-0.05, 0) is 6.42 Å². The third kappa shape index (κ3) is 4.40. The Balaban J connectivity index is 2.10. The zero-order valence-electron chi connectivity index (χ0n) is 8.42. The smallest absolute Gasteiger partial charge is 0.135 e. The molecule has 1 rings (SSSR count). The second-order valence-electron chi connectivity index (χ2n) is 3.50. The molecule has 1 unspecified atom stereocenters. The fraction of sp³-hybridized carbons (Fsp3) is 0.727. The van der Waals surface area contributed by atoms with Crippen LogP contribution in [0.5, 0.6) is 0 Å². The van der Waals surface area contributed by atoms with E-state index in [9.17, 15) is 4.79 Å². The van der Waals surface area contributed by atoms with E-state index in [1.807, 2.05) is 0 Å². The quantitative estimate of drug-likeness (QED) is 0.519. The second kappa shape index (κ2) is 6.58. The Labute approximate surface area is 85.2 Å². The van der Waals surface area contributed by atoms with Crippen LogP contribution in [0.2, 0.25) is 0 Å². The minimum atomic E-state index is 0.0714. The minimum absolute atomic E-state index is 0.0714. The summed E-state index contributed by atoms with van der Waals surface area (Å²) in [6.45, 7) is 2.39. The first-order valence-electron chi connectivity index (χ1n) is 5.10. The molecule has 1 fully saturated rings. The molecule has 1 atom stereocenters. The van der Waals surface area contributed by atoms with E-state index < -0.39 is 0 Å². The molecule has 78 valence electrons. The van der Waals surface area contributed by atoms with E-state index in [2.05, 4.69) is 11.2 Å². The van der Waals surface area contributed by atoms with Crippen molar-refractivity contribution in [1.29, 1.82) is 0 Å². The number of ketones is 1. The Morgan fingerprint density at radius 1 is 1.64 bits per heavy atom. The van der Waals surface area contributed by atoms with E-state index in [1.54, 1.807) is 0 Å². The van der Waals surface area contributed by atoms with Crippen molar-refractivity contribution < 1.29 is 9.53 Å². The van der Waals surface area contributed by atoms with Crippen LogP contribution in [0.25, 0.3) is 0 Å². The first kappa shape index (κ1) is 11.2. The molecule has 1 aliphatic rings. The predicted molar refractivity (Wildman–Crippen MR) is 54.9 cm³/mol. The Morgan fingerprint density at radius 2 is 2.50 bits per heavy atom. The number of carbonyl (C=O) groups excluding carboxylic acids is 1. The van der Waals surface area contributed by atoms with Gasteiger partial charge in [0, 0.05) is 32.4 Å². The molecule has 14 heavy (non-hydrogen) atoms. The zero-order chi connectivity index (χ0) is 10.2. The molecule has 0 saturated carbocycles. The van der Waals surface area contributed by atoms with Crippen LogP contribution in [-0.2, 0) is 9.53 Å². The molecule has 0 bridgehead atoms. The standard InChI is InChI=1S/C11H17NO2/c1-2-3-4-5-10(13)8-11-9-12-6-7-14-11/h1,11-12H,3-9H2. The minimum Gasteiger partial charge on any atom is -0.375 e. The summed E-state index contributed by atoms with van der Waals surface area (Å²) in [5, 5.41) is 3.20. The summed E-state index contributed by atoms with van der Waals surface area (Å²) in [5.74, 6) is 2.79. The number of terminal acetylenes is 1. The molecule has 1 aliphatic heterocycles. The lowest BCUT2D eigenvalue weighted by atomic mass is 10.1. The molecule has 0 aromatic rings. The van der Waals surface area contributed by atoms with Crippen molar-refractivity contribution in [3.63, 3.8) is 0 Å². The molecule has 0 aliphatic carbocycles. The van der Waals surface area contributed by atoms with Crippen LogP contribution in [0.15, 0.2) is 0 Å². The van der Waals surface area contributed by atoms with Crippen molar-refractivity contribution in [2.75, 3.05) is 19.7 Å². The van der Waals surface area contributed by atoms with Crippen LogP contribution in [0, 0.1) is 12.3 Å². The maximum absolute atomic E-state index is 11.4. The highest BCUT2D eigenvalue weighted by molar-refractivity contribution is 5.78. The van der Waals surface area contributed by atoms with Gasteiger partial charge in [-0.3, -0.25) is 4.79 Å². The molecular formula is C11H17NO2. The Bertz CT molecular complexity index is 214. The average Bonchev–Trinajstić information content (AvgIpc) is 2.20. The van der Waals surface area contributed by atoms with Crippen LogP contribution < -0.4 is 5.32 Å². The van der Waals surface area contributed by atoms with E-state index >= 15 is 0 Å². The third-order valence-corrected chi connectivity index (χ3v) is 2.24. The van der Waals surface area contributed by atoms with Crippen molar-refractivity contribution in [2.24, 2.45) is 0 Å². The first-order chi connectivity index (χ1) is 6.83. The SMILES string of the molecule is C#CCCCC(=O)CC1CNCCO1. The predicted octanol–water partition coefficient (Wildman–Crippen LogP) is 0.737. The normalized spacial score (nSPS) is 21.5. The molecule has 0 aromatic carbocycles. The van der Waals surface area contributed by atoms with Gasteiger partial charge in [-0.1, -0.05) is 0 Å². The molecule has 1 N–H and O–H groups in total. The topological polar surface area (TPSA) is 38.3 Å². The van der Waals surface area contributed by atoms with Gasteiger partial charge in [-0.2, -0.15) is 0 Å². The Hall–Kier alpha value is -0.850. The third-order valence-electron chi connectivity index (χ3n) is 2.24. The van der Waals surface area contributed by atoms with Gasteiger partial charge in [0.2, 0.25) is 0 Å². The highest BCUT2D eigenvalue weighted by atomic mass is 16.5. The summed E-state index contributed by atoms with van der Waals surface area (Å²) in [5.41, 5.74) is 0. The van der Waals surface area contributed by atoms with E-state index in [4.69, 9.17) is 11.2 Å². The molecule has 3 heteroatoms. The number of hydrogen-bond acceptors (Lipinski definition) is 3. The zero-order valence-corrected chi connectivity index (χ0v) is 8.42. The number of Topliss-reactive ketones (excluding diaryl/α,β-unsaturated/α-hetero) is 1. The van der Waals surface area contributed by atoms with Crippen molar-refractivity contribution >= 4 is 5.78 Å². The van der Waals surface area contributed by atoms with E-state index in [0.717, 1.165) is 19.5 Å². The molecule has 0 radical (unpaired) electrons. The van der Waals surface area contributed by atoms with Gasteiger partial charge in [-0.15, -0.1) is 12.3 Å². The lowest BCUT2D eigenvalue weighted by Crippen LogP contribution is -2.39. The fourth-order valence-electron chi connectivity index (χ4n) is 1.49. The second-order valence-corrected chi connectivity index (χ2v) is 3.50. The van der Waals surface area contributed by atoms with Gasteiger partial charge in [0.05, 0.1) is 12.7 Å². The van der Waals surface area contributed by atoms with E-state index in [0.29, 0.717) is 25.9 Å². The summed E-state index contributed by atoms with van der Waals surface area (Å²) < 4.78 is 5.43. The van der Waals surface area contributed by atoms with Gasteiger partial charge in [0.25, 0.3) is 0 Å². The molecule has 0 aromatic heterocycles. The monoisotopic (exact) mass is 195 g/mol. The van der Waals surface area contributed by atoms with Gasteiger partial charge in [-0.25, -0.2) is 0 Å². The molecule has 0 amide bonds. The molecule has 1 saturated heterocycles. The number of ether oxygens (including phenoxy) is 1. The number of morpholine rings is 1. The number of nitrogens with one attached hydrogen (secondary N) is 1. The average molecular weight is 195 g/mol. The summed E-state index contributed by atoms with van der Waals surface area (Å²) in [4.78, 5) is 11.4. The summed E-state index contributed by atoms with van der Waals surface area (Å²) in [7, 11) is 0. The molecule has 3 nitrogen and oxygen atoms in total. The van der Waals surface area contributed by atoms with Crippen molar-refractivity contribution in [1.82, 2.24) is 5.32 Å². The highest BCUT2D eigenvalue weighted by Crippen LogP contribution is 2.06. The van der Waals surface area contributed by atoms with E-state index in [1.165, 1.54) is 0 Å². The number of rotatable bonds is 5. The number of unbranched alkanes of at least 4 members (excludes halogenated alkanes) is 1.